The van der Waals surface area contributed by atoms with E-state index in [4.69, 9.17) is 11.6 Å². The Bertz CT molecular complexity index is 370. The fraction of sp³-hybridized carbons (Fsp3) is 0.500. The third-order valence-corrected chi connectivity index (χ3v) is 3.72. The lowest BCUT2D eigenvalue weighted by Crippen LogP contribution is -2.48. The SMILES string of the molecule is C[C@H]1CN(Cc2cc(Br)ccc2Cl)CCN1. The highest BCUT2D eigenvalue weighted by Crippen LogP contribution is 2.22. The molecule has 1 heterocycles. The minimum Gasteiger partial charge on any atom is -0.312 e. The molecule has 0 unspecified atom stereocenters. The molecule has 1 atom stereocenters. The van der Waals surface area contributed by atoms with Crippen LogP contribution >= 0.6 is 27.5 Å². The molecule has 1 saturated heterocycles. The van der Waals surface area contributed by atoms with Gasteiger partial charge in [0, 0.05) is 41.7 Å². The average molecular weight is 304 g/mol. The summed E-state index contributed by atoms with van der Waals surface area (Å²) in [7, 11) is 0. The number of hydrogen-bond donors (Lipinski definition) is 1. The summed E-state index contributed by atoms with van der Waals surface area (Å²) in [6, 6.07) is 6.60. The maximum absolute atomic E-state index is 6.19. The Morgan fingerprint density at radius 1 is 1.56 bits per heavy atom. The fourth-order valence-electron chi connectivity index (χ4n) is 2.06. The first kappa shape index (κ1) is 12.4. The fourth-order valence-corrected chi connectivity index (χ4v) is 2.65. The van der Waals surface area contributed by atoms with E-state index in [1.165, 1.54) is 5.56 Å². The Kier molecular flexibility index (Phi) is 4.25. The van der Waals surface area contributed by atoms with Gasteiger partial charge in [-0.2, -0.15) is 0 Å². The lowest BCUT2D eigenvalue weighted by molar-refractivity contribution is 0.199. The molecule has 16 heavy (non-hydrogen) atoms. The van der Waals surface area contributed by atoms with Gasteiger partial charge in [0.05, 0.1) is 0 Å². The van der Waals surface area contributed by atoms with Crippen LogP contribution in [0.2, 0.25) is 5.02 Å². The predicted molar refractivity (Wildman–Crippen MR) is 71.9 cm³/mol. The second-order valence-corrected chi connectivity index (χ2v) is 5.65. The van der Waals surface area contributed by atoms with Gasteiger partial charge < -0.3 is 5.32 Å². The van der Waals surface area contributed by atoms with Crippen molar-refractivity contribution >= 4 is 27.5 Å². The van der Waals surface area contributed by atoms with E-state index >= 15 is 0 Å². The second-order valence-electron chi connectivity index (χ2n) is 4.33. The van der Waals surface area contributed by atoms with Gasteiger partial charge >= 0.3 is 0 Å². The molecule has 0 aliphatic carbocycles. The zero-order valence-corrected chi connectivity index (χ0v) is 11.7. The average Bonchev–Trinajstić information content (AvgIpc) is 2.24. The van der Waals surface area contributed by atoms with Crippen LogP contribution in [0.5, 0.6) is 0 Å². The molecule has 0 amide bonds. The normalized spacial score (nSPS) is 22.3. The van der Waals surface area contributed by atoms with Crippen molar-refractivity contribution in [3.05, 3.63) is 33.3 Å². The molecule has 4 heteroatoms. The van der Waals surface area contributed by atoms with Crippen molar-refractivity contribution in [1.82, 2.24) is 10.2 Å². The van der Waals surface area contributed by atoms with Gasteiger partial charge in [0.1, 0.15) is 0 Å². The van der Waals surface area contributed by atoms with Crippen molar-refractivity contribution in [2.45, 2.75) is 19.5 Å². The van der Waals surface area contributed by atoms with Gasteiger partial charge in [-0.15, -0.1) is 0 Å². The lowest BCUT2D eigenvalue weighted by atomic mass is 10.1. The number of piperazine rings is 1. The van der Waals surface area contributed by atoms with Crippen molar-refractivity contribution in [1.29, 1.82) is 0 Å². The number of nitrogens with one attached hydrogen (secondary N) is 1. The van der Waals surface area contributed by atoms with Crippen LogP contribution in [0.4, 0.5) is 0 Å². The van der Waals surface area contributed by atoms with Gasteiger partial charge in [0.15, 0.2) is 0 Å². The standard InChI is InChI=1S/C12H16BrClN2/c1-9-7-16(5-4-15-9)8-10-6-11(13)2-3-12(10)14/h2-3,6,9,15H,4-5,7-8H2,1H3/t9-/m0/s1. The first-order valence-electron chi connectivity index (χ1n) is 5.55. The molecule has 0 bridgehead atoms. The molecular formula is C12H16BrClN2. The molecule has 0 saturated carbocycles. The number of halogens is 2. The van der Waals surface area contributed by atoms with E-state index in [-0.39, 0.29) is 0 Å². The molecular weight excluding hydrogens is 288 g/mol. The Morgan fingerprint density at radius 2 is 2.38 bits per heavy atom. The first-order valence-corrected chi connectivity index (χ1v) is 6.72. The number of benzene rings is 1. The Labute approximate surface area is 110 Å². The van der Waals surface area contributed by atoms with Gasteiger partial charge in [-0.3, -0.25) is 4.90 Å². The van der Waals surface area contributed by atoms with E-state index in [2.05, 4.69) is 39.1 Å². The molecule has 0 spiro atoms. The predicted octanol–water partition coefficient (Wildman–Crippen LogP) is 2.90. The summed E-state index contributed by atoms with van der Waals surface area (Å²) in [5.41, 5.74) is 1.20. The monoisotopic (exact) mass is 302 g/mol. The van der Waals surface area contributed by atoms with E-state index in [0.717, 1.165) is 35.7 Å². The van der Waals surface area contributed by atoms with E-state index in [1.54, 1.807) is 0 Å². The van der Waals surface area contributed by atoms with Gasteiger partial charge in [-0.1, -0.05) is 27.5 Å². The summed E-state index contributed by atoms with van der Waals surface area (Å²) in [5, 5.41) is 4.30. The maximum atomic E-state index is 6.19. The first-order chi connectivity index (χ1) is 7.65. The Morgan fingerprint density at radius 3 is 3.12 bits per heavy atom. The summed E-state index contributed by atoms with van der Waals surface area (Å²) in [6.07, 6.45) is 0. The minimum atomic E-state index is 0.569. The smallest absolute Gasteiger partial charge is 0.0451 e. The molecule has 1 aliphatic heterocycles. The number of nitrogens with zero attached hydrogens (tertiary/aromatic N) is 1. The lowest BCUT2D eigenvalue weighted by Gasteiger charge is -2.32. The zero-order valence-electron chi connectivity index (χ0n) is 9.34. The highest BCUT2D eigenvalue weighted by molar-refractivity contribution is 9.10. The minimum absolute atomic E-state index is 0.569. The molecule has 0 aromatic heterocycles. The van der Waals surface area contributed by atoms with Crippen LogP contribution in [-0.4, -0.2) is 30.6 Å². The summed E-state index contributed by atoms with van der Waals surface area (Å²) in [5.74, 6) is 0. The molecule has 0 radical (unpaired) electrons. The molecule has 1 fully saturated rings. The van der Waals surface area contributed by atoms with Gasteiger partial charge in [0.25, 0.3) is 0 Å². The van der Waals surface area contributed by atoms with Crippen LogP contribution in [0, 0.1) is 0 Å². The van der Waals surface area contributed by atoms with Crippen molar-refractivity contribution < 1.29 is 0 Å². The van der Waals surface area contributed by atoms with Crippen LogP contribution in [0.25, 0.3) is 0 Å². The molecule has 1 aromatic rings. The van der Waals surface area contributed by atoms with E-state index in [9.17, 15) is 0 Å². The van der Waals surface area contributed by atoms with Crippen LogP contribution in [-0.2, 0) is 6.54 Å². The third kappa shape index (κ3) is 3.20. The molecule has 1 aromatic carbocycles. The molecule has 1 aliphatic rings. The summed E-state index contributed by atoms with van der Waals surface area (Å²) in [6.45, 7) is 6.39. The highest BCUT2D eigenvalue weighted by atomic mass is 79.9. The van der Waals surface area contributed by atoms with Crippen LogP contribution < -0.4 is 5.32 Å². The quantitative estimate of drug-likeness (QED) is 0.904. The topological polar surface area (TPSA) is 15.3 Å². The van der Waals surface area contributed by atoms with Crippen LogP contribution in [0.3, 0.4) is 0 Å². The summed E-state index contributed by atoms with van der Waals surface area (Å²) >= 11 is 9.67. The van der Waals surface area contributed by atoms with E-state index in [0.29, 0.717) is 6.04 Å². The van der Waals surface area contributed by atoms with Gasteiger partial charge in [0.2, 0.25) is 0 Å². The van der Waals surface area contributed by atoms with E-state index < -0.39 is 0 Å². The Balaban J connectivity index is 2.05. The Hall–Kier alpha value is -0.0900. The third-order valence-electron chi connectivity index (χ3n) is 2.85. The molecule has 2 nitrogen and oxygen atoms in total. The van der Waals surface area contributed by atoms with Crippen molar-refractivity contribution in [2.75, 3.05) is 19.6 Å². The van der Waals surface area contributed by atoms with Crippen LogP contribution in [0.15, 0.2) is 22.7 Å². The number of rotatable bonds is 2. The largest absolute Gasteiger partial charge is 0.312 e. The van der Waals surface area contributed by atoms with Crippen molar-refractivity contribution in [3.8, 4) is 0 Å². The second kappa shape index (κ2) is 5.50. The van der Waals surface area contributed by atoms with Gasteiger partial charge in [-0.25, -0.2) is 0 Å². The van der Waals surface area contributed by atoms with Gasteiger partial charge in [-0.05, 0) is 30.7 Å². The number of hydrogen-bond acceptors (Lipinski definition) is 2. The maximum Gasteiger partial charge on any atom is 0.0451 e. The summed E-state index contributed by atoms with van der Waals surface area (Å²) < 4.78 is 1.09. The van der Waals surface area contributed by atoms with Crippen molar-refractivity contribution in [3.63, 3.8) is 0 Å². The van der Waals surface area contributed by atoms with E-state index in [1.807, 2.05) is 12.1 Å². The highest BCUT2D eigenvalue weighted by Gasteiger charge is 2.16. The van der Waals surface area contributed by atoms with Crippen molar-refractivity contribution in [2.24, 2.45) is 0 Å². The molecule has 2 rings (SSSR count). The molecule has 88 valence electrons. The zero-order chi connectivity index (χ0) is 11.5. The van der Waals surface area contributed by atoms with Crippen LogP contribution in [0.1, 0.15) is 12.5 Å². The summed E-state index contributed by atoms with van der Waals surface area (Å²) in [4.78, 5) is 2.44. The molecule has 1 N–H and O–H groups in total.